The van der Waals surface area contributed by atoms with Crippen molar-refractivity contribution in [3.8, 4) is 0 Å². The Morgan fingerprint density at radius 2 is 1.25 bits per heavy atom. The van der Waals surface area contributed by atoms with Crippen molar-refractivity contribution >= 4 is 11.9 Å². The Bertz CT molecular complexity index is 856. The predicted octanol–water partition coefficient (Wildman–Crippen LogP) is 8.13. The van der Waals surface area contributed by atoms with Crippen LogP contribution >= 0.6 is 0 Å². The van der Waals surface area contributed by atoms with Gasteiger partial charge >= 0.3 is 11.9 Å². The number of carbonyl (C=O) groups is 2. The zero-order chi connectivity index (χ0) is 35.4. The number of hydrogen-bond acceptors (Lipinski definition) is 8. The van der Waals surface area contributed by atoms with Crippen LogP contribution in [-0.4, -0.2) is 70.0 Å². The van der Waals surface area contributed by atoms with E-state index in [0.717, 1.165) is 44.4 Å². The molecule has 0 bridgehead atoms. The van der Waals surface area contributed by atoms with Crippen LogP contribution in [0.4, 0.5) is 0 Å². The Balaban J connectivity index is 2.06. The zero-order valence-corrected chi connectivity index (χ0v) is 30.7. The SMILES string of the molecule is CCCCC[C@@H](O)/C=C/[C@@H]1[C@H](C/C=C\CC(=O)OC[C@H](O)COC(=O)CCCCCCCCCCCCCCCC(C)C)[C@@H](O)C[C@H]1O. The lowest BCUT2D eigenvalue weighted by molar-refractivity contribution is -0.151. The third kappa shape index (κ3) is 23.6. The van der Waals surface area contributed by atoms with E-state index in [1.807, 2.05) is 6.08 Å². The van der Waals surface area contributed by atoms with Crippen molar-refractivity contribution in [3.63, 3.8) is 0 Å². The number of aliphatic hydroxyl groups excluding tert-OH is 4. The number of carbonyl (C=O) groups excluding carboxylic acids is 2. The number of hydrogen-bond donors (Lipinski definition) is 4. The minimum absolute atomic E-state index is 0.00715. The molecule has 0 aromatic carbocycles. The summed E-state index contributed by atoms with van der Waals surface area (Å²) in [6, 6.07) is 0. The summed E-state index contributed by atoms with van der Waals surface area (Å²) in [6.07, 6.45) is 26.5. The van der Waals surface area contributed by atoms with Gasteiger partial charge < -0.3 is 29.9 Å². The number of esters is 2. The Morgan fingerprint density at radius 3 is 1.83 bits per heavy atom. The van der Waals surface area contributed by atoms with Crippen molar-refractivity contribution in [1.29, 1.82) is 0 Å². The van der Waals surface area contributed by atoms with Gasteiger partial charge in [-0.15, -0.1) is 0 Å². The van der Waals surface area contributed by atoms with Crippen molar-refractivity contribution < 1.29 is 39.5 Å². The molecule has 48 heavy (non-hydrogen) atoms. The van der Waals surface area contributed by atoms with E-state index in [4.69, 9.17) is 9.47 Å². The third-order valence-corrected chi connectivity index (χ3v) is 9.47. The predicted molar refractivity (Wildman–Crippen MR) is 193 cm³/mol. The van der Waals surface area contributed by atoms with Gasteiger partial charge in [-0.25, -0.2) is 0 Å². The number of unbranched alkanes of at least 4 members (excludes halogenated alkanes) is 14. The second-order valence-electron chi connectivity index (χ2n) is 14.5. The third-order valence-electron chi connectivity index (χ3n) is 9.47. The lowest BCUT2D eigenvalue weighted by Gasteiger charge is -2.19. The highest BCUT2D eigenvalue weighted by atomic mass is 16.6. The molecule has 0 amide bonds. The quantitative estimate of drug-likeness (QED) is 0.0340. The molecule has 0 aromatic heterocycles. The molecule has 0 radical (unpaired) electrons. The number of allylic oxidation sites excluding steroid dienone is 1. The summed E-state index contributed by atoms with van der Waals surface area (Å²) < 4.78 is 10.2. The van der Waals surface area contributed by atoms with E-state index >= 15 is 0 Å². The van der Waals surface area contributed by atoms with E-state index in [0.29, 0.717) is 19.3 Å². The van der Waals surface area contributed by atoms with E-state index in [2.05, 4.69) is 20.8 Å². The first-order chi connectivity index (χ1) is 23.1. The van der Waals surface area contributed by atoms with Crippen LogP contribution in [0.3, 0.4) is 0 Å². The van der Waals surface area contributed by atoms with Gasteiger partial charge in [-0.05, 0) is 31.1 Å². The van der Waals surface area contributed by atoms with Crippen molar-refractivity contribution in [2.45, 2.75) is 186 Å². The minimum Gasteiger partial charge on any atom is -0.463 e. The van der Waals surface area contributed by atoms with Gasteiger partial charge in [-0.3, -0.25) is 9.59 Å². The molecule has 0 unspecified atom stereocenters. The fourth-order valence-corrected chi connectivity index (χ4v) is 6.42. The van der Waals surface area contributed by atoms with Crippen molar-refractivity contribution in [1.82, 2.24) is 0 Å². The number of aliphatic hydroxyl groups is 4. The van der Waals surface area contributed by atoms with E-state index < -0.39 is 30.4 Å². The molecule has 8 heteroatoms. The van der Waals surface area contributed by atoms with Crippen LogP contribution < -0.4 is 0 Å². The van der Waals surface area contributed by atoms with Crippen LogP contribution in [0.1, 0.15) is 162 Å². The van der Waals surface area contributed by atoms with Crippen LogP contribution in [0, 0.1) is 17.8 Å². The molecule has 0 saturated heterocycles. The van der Waals surface area contributed by atoms with E-state index in [1.165, 1.54) is 70.6 Å². The van der Waals surface area contributed by atoms with Crippen LogP contribution in [-0.2, 0) is 19.1 Å². The van der Waals surface area contributed by atoms with Gasteiger partial charge in [-0.2, -0.15) is 0 Å². The molecule has 0 aliphatic heterocycles. The number of ether oxygens (including phenoxy) is 2. The molecule has 1 rings (SSSR count). The first-order valence-corrected chi connectivity index (χ1v) is 19.5. The largest absolute Gasteiger partial charge is 0.463 e. The van der Waals surface area contributed by atoms with Gasteiger partial charge in [0.05, 0.1) is 24.7 Å². The molecular weight excluding hydrogens is 608 g/mol. The summed E-state index contributed by atoms with van der Waals surface area (Å²) in [7, 11) is 0. The Kier molecular flexibility index (Phi) is 26.8. The maximum Gasteiger partial charge on any atom is 0.309 e. The van der Waals surface area contributed by atoms with Gasteiger partial charge in [0.2, 0.25) is 0 Å². The molecule has 0 aromatic rings. The first kappa shape index (κ1) is 44.3. The molecule has 1 fully saturated rings. The molecule has 0 spiro atoms. The maximum absolute atomic E-state index is 12.1. The second kappa shape index (κ2) is 29.0. The molecule has 6 atom stereocenters. The Hall–Kier alpha value is -1.74. The molecule has 4 N–H and O–H groups in total. The summed E-state index contributed by atoms with van der Waals surface area (Å²) >= 11 is 0. The lowest BCUT2D eigenvalue weighted by atomic mass is 9.89. The second-order valence-corrected chi connectivity index (χ2v) is 14.5. The van der Waals surface area contributed by atoms with Gasteiger partial charge in [0.15, 0.2) is 0 Å². The topological polar surface area (TPSA) is 134 Å². The highest BCUT2D eigenvalue weighted by Crippen LogP contribution is 2.36. The smallest absolute Gasteiger partial charge is 0.309 e. The lowest BCUT2D eigenvalue weighted by Crippen LogP contribution is -2.25. The van der Waals surface area contributed by atoms with E-state index in [-0.39, 0.29) is 43.9 Å². The van der Waals surface area contributed by atoms with Crippen molar-refractivity contribution in [2.75, 3.05) is 13.2 Å². The summed E-state index contributed by atoms with van der Waals surface area (Å²) in [6.45, 7) is 6.26. The average Bonchev–Trinajstić information content (AvgIpc) is 3.32. The van der Waals surface area contributed by atoms with Crippen molar-refractivity contribution in [3.05, 3.63) is 24.3 Å². The van der Waals surface area contributed by atoms with Crippen LogP contribution in [0.25, 0.3) is 0 Å². The fourth-order valence-electron chi connectivity index (χ4n) is 6.42. The normalized spacial score (nSPS) is 21.0. The molecule has 1 saturated carbocycles. The molecule has 280 valence electrons. The molecule has 1 aliphatic carbocycles. The summed E-state index contributed by atoms with van der Waals surface area (Å²) in [5, 5.41) is 41.1. The maximum atomic E-state index is 12.1. The monoisotopic (exact) mass is 681 g/mol. The van der Waals surface area contributed by atoms with E-state index in [1.54, 1.807) is 18.2 Å². The summed E-state index contributed by atoms with van der Waals surface area (Å²) in [4.78, 5) is 24.1. The van der Waals surface area contributed by atoms with Gasteiger partial charge in [0, 0.05) is 18.8 Å². The first-order valence-electron chi connectivity index (χ1n) is 19.5. The molecule has 8 nitrogen and oxygen atoms in total. The Morgan fingerprint density at radius 1 is 0.708 bits per heavy atom. The van der Waals surface area contributed by atoms with Gasteiger partial charge in [0.25, 0.3) is 0 Å². The highest BCUT2D eigenvalue weighted by Gasteiger charge is 2.39. The zero-order valence-electron chi connectivity index (χ0n) is 30.7. The Labute approximate surface area is 292 Å². The van der Waals surface area contributed by atoms with Gasteiger partial charge in [-0.1, -0.05) is 148 Å². The molecule has 0 heterocycles. The van der Waals surface area contributed by atoms with Crippen LogP contribution in [0.2, 0.25) is 0 Å². The number of rotatable bonds is 30. The van der Waals surface area contributed by atoms with Gasteiger partial charge in [0.1, 0.15) is 19.3 Å². The average molecular weight is 681 g/mol. The van der Waals surface area contributed by atoms with E-state index in [9.17, 15) is 30.0 Å². The summed E-state index contributed by atoms with van der Waals surface area (Å²) in [5.41, 5.74) is 0. The fraction of sp³-hybridized carbons (Fsp3) is 0.850. The van der Waals surface area contributed by atoms with Crippen molar-refractivity contribution in [2.24, 2.45) is 17.8 Å². The summed E-state index contributed by atoms with van der Waals surface area (Å²) in [5.74, 6) is -0.493. The molecule has 1 aliphatic rings. The van der Waals surface area contributed by atoms with Crippen LogP contribution in [0.15, 0.2) is 24.3 Å². The standard InChI is InChI=1S/C40H72O8/c1-4-5-17-23-33(41)27-28-36-35(37(43)29-38(36)44)24-20-21-26-40(46)48-31-34(42)30-47-39(45)25-19-16-14-12-10-8-6-7-9-11-13-15-18-22-32(2)3/h20-21,27-28,32-38,41-44H,4-19,22-26,29-31H2,1-3H3/b21-20-,28-27+/t33-,34-,35+,36-,37+,38-/m1/s1. The highest BCUT2D eigenvalue weighted by molar-refractivity contribution is 5.71. The molecular formula is C40H72O8. The van der Waals surface area contributed by atoms with Crippen LogP contribution in [0.5, 0.6) is 0 Å². The minimum atomic E-state index is -1.08.